The summed E-state index contributed by atoms with van der Waals surface area (Å²) in [5.74, 6) is 1.52. The summed E-state index contributed by atoms with van der Waals surface area (Å²) < 4.78 is 6.10. The summed E-state index contributed by atoms with van der Waals surface area (Å²) in [5, 5.41) is 3.03. The van der Waals surface area contributed by atoms with Crippen LogP contribution < -0.4 is 5.32 Å². The molecule has 0 radical (unpaired) electrons. The average Bonchev–Trinajstić information content (AvgIpc) is 3.26. The van der Waals surface area contributed by atoms with E-state index in [0.717, 1.165) is 45.0 Å². The third kappa shape index (κ3) is 3.26. The van der Waals surface area contributed by atoms with Gasteiger partial charge >= 0.3 is 0 Å². The molecule has 3 fully saturated rings. The van der Waals surface area contributed by atoms with Gasteiger partial charge in [-0.2, -0.15) is 0 Å². The molecule has 0 aromatic carbocycles. The Hall–Kier alpha value is -1.46. The van der Waals surface area contributed by atoms with Gasteiger partial charge in [0.1, 0.15) is 0 Å². The van der Waals surface area contributed by atoms with Crippen molar-refractivity contribution in [3.05, 3.63) is 30.1 Å². The molecule has 2 saturated heterocycles. The van der Waals surface area contributed by atoms with Gasteiger partial charge in [-0.15, -0.1) is 0 Å². The van der Waals surface area contributed by atoms with Gasteiger partial charge in [-0.05, 0) is 49.7 Å². The third-order valence-electron chi connectivity index (χ3n) is 5.52. The van der Waals surface area contributed by atoms with Crippen LogP contribution in [0.15, 0.2) is 24.5 Å². The molecular weight excluding hydrogens is 290 g/mol. The highest BCUT2D eigenvalue weighted by Gasteiger charge is 2.52. The summed E-state index contributed by atoms with van der Waals surface area (Å²) >= 11 is 0. The number of aromatic nitrogens is 1. The van der Waals surface area contributed by atoms with Crippen LogP contribution in [0.25, 0.3) is 0 Å². The van der Waals surface area contributed by atoms with Crippen LogP contribution in [0.2, 0.25) is 0 Å². The van der Waals surface area contributed by atoms with Gasteiger partial charge in [0, 0.05) is 50.7 Å². The second kappa shape index (κ2) is 6.21. The van der Waals surface area contributed by atoms with Crippen LogP contribution in [0.3, 0.4) is 0 Å². The zero-order valence-electron chi connectivity index (χ0n) is 13.5. The first-order chi connectivity index (χ1) is 11.3. The second-order valence-electron chi connectivity index (χ2n) is 7.29. The van der Waals surface area contributed by atoms with Gasteiger partial charge in [-0.3, -0.25) is 14.7 Å². The van der Waals surface area contributed by atoms with Gasteiger partial charge in [-0.1, -0.05) is 0 Å². The average molecular weight is 315 g/mol. The van der Waals surface area contributed by atoms with Crippen LogP contribution in [0.5, 0.6) is 0 Å². The lowest BCUT2D eigenvalue weighted by Crippen LogP contribution is -2.65. The molecular formula is C18H25N3O2. The molecule has 4 rings (SSSR count). The molecule has 3 aliphatic rings. The van der Waals surface area contributed by atoms with Crippen molar-refractivity contribution >= 4 is 5.91 Å². The number of carbonyl (C=O) groups excluding carboxylic acids is 1. The summed E-state index contributed by atoms with van der Waals surface area (Å²) in [6.07, 6.45) is 8.26. The normalized spacial score (nSPS) is 26.2. The number of amides is 1. The number of nitrogens with zero attached hydrogens (tertiary/aromatic N) is 2. The number of ether oxygens (including phenoxy) is 1. The van der Waals surface area contributed by atoms with E-state index in [9.17, 15) is 4.79 Å². The molecule has 23 heavy (non-hydrogen) atoms. The minimum atomic E-state index is -0.00988. The fourth-order valence-electron chi connectivity index (χ4n) is 4.01. The Balaban J connectivity index is 1.23. The Labute approximate surface area is 137 Å². The fourth-order valence-corrected chi connectivity index (χ4v) is 4.01. The lowest BCUT2D eigenvalue weighted by Gasteiger charge is -2.50. The molecule has 0 bridgehead atoms. The summed E-state index contributed by atoms with van der Waals surface area (Å²) in [7, 11) is 0. The van der Waals surface area contributed by atoms with Gasteiger partial charge in [-0.25, -0.2) is 0 Å². The minimum absolute atomic E-state index is 0.00988. The number of pyridine rings is 1. The Morgan fingerprint density at radius 1 is 1.30 bits per heavy atom. The quantitative estimate of drug-likeness (QED) is 0.868. The topological polar surface area (TPSA) is 54.5 Å². The number of hydrogen-bond acceptors (Lipinski definition) is 4. The number of nitrogens with one attached hydrogen (secondary N) is 1. The predicted molar refractivity (Wildman–Crippen MR) is 87.1 cm³/mol. The van der Waals surface area contributed by atoms with E-state index in [1.807, 2.05) is 0 Å². The number of hydrogen-bond donors (Lipinski definition) is 1. The highest BCUT2D eigenvalue weighted by molar-refractivity contribution is 5.93. The highest BCUT2D eigenvalue weighted by Crippen LogP contribution is 2.43. The molecule has 5 nitrogen and oxygen atoms in total. The van der Waals surface area contributed by atoms with Crippen molar-refractivity contribution in [2.75, 3.05) is 32.8 Å². The maximum atomic E-state index is 12.1. The fraction of sp³-hybridized carbons (Fsp3) is 0.667. The van der Waals surface area contributed by atoms with E-state index >= 15 is 0 Å². The van der Waals surface area contributed by atoms with Crippen molar-refractivity contribution < 1.29 is 9.53 Å². The zero-order valence-corrected chi connectivity index (χ0v) is 13.5. The van der Waals surface area contributed by atoms with Crippen molar-refractivity contribution in [3.63, 3.8) is 0 Å². The Morgan fingerprint density at radius 3 is 2.83 bits per heavy atom. The van der Waals surface area contributed by atoms with E-state index in [4.69, 9.17) is 4.74 Å². The van der Waals surface area contributed by atoms with Gasteiger partial charge in [0.25, 0.3) is 5.91 Å². The Morgan fingerprint density at radius 2 is 2.09 bits per heavy atom. The molecule has 1 aromatic rings. The standard InChI is InChI=1S/C18H25N3O2/c22-17(15-3-7-19-8-4-15)20-9-5-16-6-10-23-18(16)12-21(13-18)11-14-1-2-14/h3-4,7-8,14,16H,1-2,5-6,9-13H2,(H,20,22)/t16-/m0/s1. The SMILES string of the molecule is O=C(NCC[C@H]1CCOC12CN(CC1CC1)C2)c1ccncc1. The Bertz CT molecular complexity index is 553. The lowest BCUT2D eigenvalue weighted by atomic mass is 9.79. The van der Waals surface area contributed by atoms with Crippen LogP contribution in [-0.2, 0) is 4.74 Å². The molecule has 3 heterocycles. The number of carbonyl (C=O) groups is 1. The monoisotopic (exact) mass is 315 g/mol. The summed E-state index contributed by atoms with van der Waals surface area (Å²) in [5.41, 5.74) is 0.757. The summed E-state index contributed by atoms with van der Waals surface area (Å²) in [6.45, 7) is 5.04. The van der Waals surface area contributed by atoms with E-state index < -0.39 is 0 Å². The van der Waals surface area contributed by atoms with E-state index in [1.54, 1.807) is 24.5 Å². The van der Waals surface area contributed by atoms with Crippen molar-refractivity contribution in [1.82, 2.24) is 15.2 Å². The minimum Gasteiger partial charge on any atom is -0.372 e. The Kier molecular flexibility index (Phi) is 4.07. The highest BCUT2D eigenvalue weighted by atomic mass is 16.5. The molecule has 2 aliphatic heterocycles. The smallest absolute Gasteiger partial charge is 0.251 e. The lowest BCUT2D eigenvalue weighted by molar-refractivity contribution is -0.134. The van der Waals surface area contributed by atoms with Gasteiger partial charge in [0.05, 0.1) is 5.60 Å². The summed E-state index contributed by atoms with van der Waals surface area (Å²) in [6, 6.07) is 3.49. The van der Waals surface area contributed by atoms with E-state index in [1.165, 1.54) is 19.4 Å². The summed E-state index contributed by atoms with van der Waals surface area (Å²) in [4.78, 5) is 18.6. The first kappa shape index (κ1) is 15.1. The second-order valence-corrected chi connectivity index (χ2v) is 7.29. The van der Waals surface area contributed by atoms with Crippen molar-refractivity contribution in [3.8, 4) is 0 Å². The maximum absolute atomic E-state index is 12.1. The van der Waals surface area contributed by atoms with Crippen molar-refractivity contribution in [1.29, 1.82) is 0 Å². The number of rotatable bonds is 6. The third-order valence-corrected chi connectivity index (χ3v) is 5.52. The molecule has 1 atom stereocenters. The van der Waals surface area contributed by atoms with Crippen LogP contribution >= 0.6 is 0 Å². The van der Waals surface area contributed by atoms with Crippen LogP contribution in [-0.4, -0.2) is 54.2 Å². The van der Waals surface area contributed by atoms with Gasteiger partial charge in [0.2, 0.25) is 0 Å². The van der Waals surface area contributed by atoms with Crippen molar-refractivity contribution in [2.24, 2.45) is 11.8 Å². The van der Waals surface area contributed by atoms with Crippen molar-refractivity contribution in [2.45, 2.75) is 31.3 Å². The molecule has 1 aromatic heterocycles. The molecule has 1 saturated carbocycles. The van der Waals surface area contributed by atoms with Gasteiger partial charge < -0.3 is 10.1 Å². The first-order valence-electron chi connectivity index (χ1n) is 8.80. The van der Waals surface area contributed by atoms with Crippen LogP contribution in [0, 0.1) is 11.8 Å². The molecule has 1 aliphatic carbocycles. The molecule has 5 heteroatoms. The van der Waals surface area contributed by atoms with Crippen LogP contribution in [0.1, 0.15) is 36.0 Å². The zero-order chi connectivity index (χ0) is 15.7. The van der Waals surface area contributed by atoms with E-state index in [2.05, 4.69) is 15.2 Å². The van der Waals surface area contributed by atoms with E-state index in [0.29, 0.717) is 11.5 Å². The molecule has 1 N–H and O–H groups in total. The largest absolute Gasteiger partial charge is 0.372 e. The number of likely N-dealkylation sites (tertiary alicyclic amines) is 1. The predicted octanol–water partition coefficient (Wildman–Crippen LogP) is 1.70. The van der Waals surface area contributed by atoms with Gasteiger partial charge in [0.15, 0.2) is 0 Å². The molecule has 124 valence electrons. The molecule has 1 amide bonds. The van der Waals surface area contributed by atoms with Crippen LogP contribution in [0.4, 0.5) is 0 Å². The molecule has 1 spiro atoms. The maximum Gasteiger partial charge on any atom is 0.251 e. The first-order valence-corrected chi connectivity index (χ1v) is 8.80. The van der Waals surface area contributed by atoms with E-state index in [-0.39, 0.29) is 11.5 Å². The molecule has 0 unspecified atom stereocenters.